The lowest BCUT2D eigenvalue weighted by atomic mass is 10.1. The summed E-state index contributed by atoms with van der Waals surface area (Å²) in [5.41, 5.74) is 0. The molecule has 0 aromatic rings. The van der Waals surface area contributed by atoms with Crippen molar-refractivity contribution in [3.63, 3.8) is 0 Å². The highest BCUT2D eigenvalue weighted by atomic mass is 17.2. The molecule has 0 fully saturated rings. The molecule has 0 atom stereocenters. The Morgan fingerprint density at radius 3 is 2.20 bits per heavy atom. The Bertz CT molecular complexity index is 148. The van der Waals surface area contributed by atoms with Crippen molar-refractivity contribution < 1.29 is 19.7 Å². The molecule has 15 heavy (non-hydrogen) atoms. The van der Waals surface area contributed by atoms with E-state index in [4.69, 9.17) is 14.9 Å². The van der Waals surface area contributed by atoms with Gasteiger partial charge in [0.05, 0.1) is 13.2 Å². The molecule has 0 aliphatic rings. The number of carbonyl (C=O) groups is 1. The number of carboxylic acids is 1. The van der Waals surface area contributed by atoms with Gasteiger partial charge in [-0.3, -0.25) is 4.79 Å². The maximum Gasteiger partial charge on any atom is 0.303 e. The monoisotopic (exact) mass is 218 g/mol. The summed E-state index contributed by atoms with van der Waals surface area (Å²) in [5, 5.41) is 8.41. The first-order valence-electron chi connectivity index (χ1n) is 5.73. The molecule has 0 amide bonds. The second kappa shape index (κ2) is 11.5. The number of hydrogen-bond acceptors (Lipinski definition) is 3. The number of unbranched alkanes of at least 4 members (excludes halogenated alkanes) is 5. The molecule has 0 saturated heterocycles. The third kappa shape index (κ3) is 13.4. The first-order valence-corrected chi connectivity index (χ1v) is 5.73. The summed E-state index contributed by atoms with van der Waals surface area (Å²) >= 11 is 0. The predicted molar refractivity (Wildman–Crippen MR) is 57.5 cm³/mol. The normalized spacial score (nSPS) is 10.5. The van der Waals surface area contributed by atoms with Gasteiger partial charge in [0.15, 0.2) is 0 Å². The number of hydrogen-bond donors (Lipinski definition) is 1. The molecule has 4 nitrogen and oxygen atoms in total. The lowest BCUT2D eigenvalue weighted by molar-refractivity contribution is -0.291. The molecule has 1 N–H and O–H groups in total. The zero-order chi connectivity index (χ0) is 11.4. The molecule has 4 heteroatoms. The van der Waals surface area contributed by atoms with Gasteiger partial charge in [-0.1, -0.05) is 25.7 Å². The minimum absolute atomic E-state index is 0.299. The highest BCUT2D eigenvalue weighted by molar-refractivity contribution is 5.66. The van der Waals surface area contributed by atoms with Gasteiger partial charge in [0.1, 0.15) is 0 Å². The highest BCUT2D eigenvalue weighted by Crippen LogP contribution is 2.07. The lowest BCUT2D eigenvalue weighted by Gasteiger charge is -2.02. The van der Waals surface area contributed by atoms with Crippen LogP contribution in [0.5, 0.6) is 0 Å². The smallest absolute Gasteiger partial charge is 0.303 e. The van der Waals surface area contributed by atoms with Crippen molar-refractivity contribution in [3.05, 3.63) is 0 Å². The van der Waals surface area contributed by atoms with Crippen LogP contribution in [-0.2, 0) is 14.6 Å². The molecule has 0 rings (SSSR count). The van der Waals surface area contributed by atoms with Crippen LogP contribution in [0.2, 0.25) is 0 Å². The fourth-order valence-electron chi connectivity index (χ4n) is 1.29. The summed E-state index contributed by atoms with van der Waals surface area (Å²) in [5.74, 6) is -0.694. The van der Waals surface area contributed by atoms with Crippen LogP contribution in [0.3, 0.4) is 0 Å². The maximum absolute atomic E-state index is 10.2. The van der Waals surface area contributed by atoms with Crippen molar-refractivity contribution in [1.82, 2.24) is 0 Å². The van der Waals surface area contributed by atoms with Gasteiger partial charge in [0.25, 0.3) is 0 Å². The first kappa shape index (κ1) is 14.4. The van der Waals surface area contributed by atoms with Crippen LogP contribution in [0.4, 0.5) is 0 Å². The molecule has 0 aliphatic heterocycles. The SMILES string of the molecule is CCOOCCCCCCCCC(=O)O. The van der Waals surface area contributed by atoms with Crippen molar-refractivity contribution in [3.8, 4) is 0 Å². The Morgan fingerprint density at radius 1 is 1.00 bits per heavy atom. The Morgan fingerprint density at radius 2 is 1.60 bits per heavy atom. The van der Waals surface area contributed by atoms with Crippen molar-refractivity contribution in [2.24, 2.45) is 0 Å². The molecule has 0 aromatic carbocycles. The summed E-state index contributed by atoms with van der Waals surface area (Å²) in [4.78, 5) is 19.8. The largest absolute Gasteiger partial charge is 0.481 e. The van der Waals surface area contributed by atoms with E-state index in [-0.39, 0.29) is 0 Å². The second-order valence-electron chi connectivity index (χ2n) is 3.49. The molecule has 0 aliphatic carbocycles. The van der Waals surface area contributed by atoms with Crippen molar-refractivity contribution in [2.45, 2.75) is 51.9 Å². The van der Waals surface area contributed by atoms with Gasteiger partial charge in [0, 0.05) is 6.42 Å². The molecule has 0 bridgehead atoms. The molecule has 0 heterocycles. The van der Waals surface area contributed by atoms with Crippen LogP contribution in [0.1, 0.15) is 51.9 Å². The topological polar surface area (TPSA) is 55.8 Å². The minimum atomic E-state index is -0.694. The zero-order valence-corrected chi connectivity index (χ0v) is 9.54. The highest BCUT2D eigenvalue weighted by Gasteiger charge is 1.96. The summed E-state index contributed by atoms with van der Waals surface area (Å²) < 4.78 is 0. The van der Waals surface area contributed by atoms with E-state index in [0.717, 1.165) is 38.5 Å². The molecule has 90 valence electrons. The molecule has 0 unspecified atom stereocenters. The van der Waals surface area contributed by atoms with E-state index in [1.165, 1.54) is 0 Å². The van der Waals surface area contributed by atoms with E-state index in [9.17, 15) is 4.79 Å². The zero-order valence-electron chi connectivity index (χ0n) is 9.54. The van der Waals surface area contributed by atoms with Crippen molar-refractivity contribution in [2.75, 3.05) is 13.2 Å². The maximum atomic E-state index is 10.2. The fourth-order valence-corrected chi connectivity index (χ4v) is 1.29. The summed E-state index contributed by atoms with van der Waals surface area (Å²) in [6.07, 6.45) is 6.51. The van der Waals surface area contributed by atoms with Gasteiger partial charge < -0.3 is 5.11 Å². The number of rotatable bonds is 11. The third-order valence-electron chi connectivity index (χ3n) is 2.07. The van der Waals surface area contributed by atoms with Gasteiger partial charge in [0.2, 0.25) is 0 Å². The summed E-state index contributed by atoms with van der Waals surface area (Å²) in [7, 11) is 0. The van der Waals surface area contributed by atoms with E-state index in [1.54, 1.807) is 0 Å². The molecule has 0 aromatic heterocycles. The molecular weight excluding hydrogens is 196 g/mol. The Balaban J connectivity index is 2.89. The van der Waals surface area contributed by atoms with E-state index >= 15 is 0 Å². The van der Waals surface area contributed by atoms with E-state index in [0.29, 0.717) is 19.6 Å². The summed E-state index contributed by atoms with van der Waals surface area (Å²) in [6.45, 7) is 3.14. The minimum Gasteiger partial charge on any atom is -0.481 e. The van der Waals surface area contributed by atoms with Crippen LogP contribution in [0.15, 0.2) is 0 Å². The Hall–Kier alpha value is -0.610. The van der Waals surface area contributed by atoms with Crippen LogP contribution >= 0.6 is 0 Å². The number of carboxylic acid groups (broad SMARTS) is 1. The van der Waals surface area contributed by atoms with Gasteiger partial charge in [-0.25, -0.2) is 9.78 Å². The van der Waals surface area contributed by atoms with E-state index in [2.05, 4.69) is 0 Å². The van der Waals surface area contributed by atoms with Gasteiger partial charge in [-0.15, -0.1) is 0 Å². The fraction of sp³-hybridized carbons (Fsp3) is 0.909. The van der Waals surface area contributed by atoms with Crippen LogP contribution in [0, 0.1) is 0 Å². The number of aliphatic carboxylic acids is 1. The van der Waals surface area contributed by atoms with E-state index in [1.807, 2.05) is 6.92 Å². The molecule has 0 spiro atoms. The molecule has 0 radical (unpaired) electrons. The predicted octanol–water partition coefficient (Wildman–Crippen LogP) is 2.77. The average Bonchev–Trinajstić information content (AvgIpc) is 2.20. The van der Waals surface area contributed by atoms with Crippen molar-refractivity contribution >= 4 is 5.97 Å². The van der Waals surface area contributed by atoms with E-state index < -0.39 is 5.97 Å². The standard InChI is InChI=1S/C11H22O4/c1-2-14-15-10-8-6-4-3-5-7-9-11(12)13/h2-10H2,1H3,(H,12,13). The molecule has 0 saturated carbocycles. The molecular formula is C11H22O4. The lowest BCUT2D eigenvalue weighted by Crippen LogP contribution is -1.96. The van der Waals surface area contributed by atoms with Gasteiger partial charge >= 0.3 is 5.97 Å². The van der Waals surface area contributed by atoms with Crippen LogP contribution in [0.25, 0.3) is 0 Å². The quantitative estimate of drug-likeness (QED) is 0.329. The summed E-state index contributed by atoms with van der Waals surface area (Å²) in [6, 6.07) is 0. The Kier molecular flexibility index (Phi) is 11.0. The van der Waals surface area contributed by atoms with Crippen LogP contribution < -0.4 is 0 Å². The third-order valence-corrected chi connectivity index (χ3v) is 2.07. The Labute approximate surface area is 91.5 Å². The first-order chi connectivity index (χ1) is 7.27. The van der Waals surface area contributed by atoms with Crippen molar-refractivity contribution in [1.29, 1.82) is 0 Å². The van der Waals surface area contributed by atoms with Crippen LogP contribution in [-0.4, -0.2) is 24.3 Å². The second-order valence-corrected chi connectivity index (χ2v) is 3.49. The van der Waals surface area contributed by atoms with Gasteiger partial charge in [-0.05, 0) is 19.8 Å². The average molecular weight is 218 g/mol. The van der Waals surface area contributed by atoms with Gasteiger partial charge in [-0.2, -0.15) is 0 Å².